The quantitative estimate of drug-likeness (QED) is 0.559. The zero-order valence-electron chi connectivity index (χ0n) is 16.4. The molecule has 1 heterocycles. The maximum absolute atomic E-state index is 13.1. The van der Waals surface area contributed by atoms with Crippen LogP contribution in [0.25, 0.3) is 11.0 Å². The van der Waals surface area contributed by atoms with E-state index < -0.39 is 0 Å². The van der Waals surface area contributed by atoms with Crippen molar-refractivity contribution in [3.63, 3.8) is 0 Å². The topological polar surface area (TPSA) is 26.9 Å². The summed E-state index contributed by atoms with van der Waals surface area (Å²) in [4.78, 5) is 13.1. The SMILES string of the molecule is CC(C)CCCn1c(=O)n(Cc2ccc(C(C)C)cc2)c2ccccc21. The first-order chi connectivity index (χ1) is 12.5. The Morgan fingerprint density at radius 2 is 1.46 bits per heavy atom. The lowest BCUT2D eigenvalue weighted by molar-refractivity contribution is 0.507. The van der Waals surface area contributed by atoms with Gasteiger partial charge >= 0.3 is 5.69 Å². The second kappa shape index (κ2) is 7.94. The van der Waals surface area contributed by atoms with Crippen LogP contribution < -0.4 is 5.69 Å². The fraction of sp³-hybridized carbons (Fsp3) is 0.435. The number of rotatable bonds is 7. The Labute approximate surface area is 156 Å². The highest BCUT2D eigenvalue weighted by molar-refractivity contribution is 5.76. The maximum atomic E-state index is 13.1. The Morgan fingerprint density at radius 3 is 2.04 bits per heavy atom. The zero-order valence-corrected chi connectivity index (χ0v) is 16.4. The van der Waals surface area contributed by atoms with Gasteiger partial charge in [-0.25, -0.2) is 4.79 Å². The summed E-state index contributed by atoms with van der Waals surface area (Å²) in [7, 11) is 0. The van der Waals surface area contributed by atoms with Gasteiger partial charge in [-0.1, -0.05) is 64.1 Å². The number of aryl methyl sites for hydroxylation is 1. The number of benzene rings is 2. The van der Waals surface area contributed by atoms with Crippen LogP contribution in [0.3, 0.4) is 0 Å². The molecule has 0 N–H and O–H groups in total. The summed E-state index contributed by atoms with van der Waals surface area (Å²) in [5, 5.41) is 0. The van der Waals surface area contributed by atoms with Crippen molar-refractivity contribution in [1.82, 2.24) is 9.13 Å². The second-order valence-electron chi connectivity index (χ2n) is 7.94. The van der Waals surface area contributed by atoms with Crippen LogP contribution in [-0.2, 0) is 13.1 Å². The fourth-order valence-corrected chi connectivity index (χ4v) is 3.49. The van der Waals surface area contributed by atoms with Gasteiger partial charge in [0, 0.05) is 6.54 Å². The largest absolute Gasteiger partial charge is 0.329 e. The molecule has 0 spiro atoms. The van der Waals surface area contributed by atoms with Gasteiger partial charge in [-0.05, 0) is 47.9 Å². The molecular formula is C23H30N2O. The van der Waals surface area contributed by atoms with Crippen LogP contribution in [0.2, 0.25) is 0 Å². The van der Waals surface area contributed by atoms with Crippen molar-refractivity contribution in [2.24, 2.45) is 5.92 Å². The van der Waals surface area contributed by atoms with E-state index in [0.717, 1.165) is 30.4 Å². The average Bonchev–Trinajstić information content (AvgIpc) is 2.88. The standard InChI is InChI=1S/C23H30N2O/c1-17(2)8-7-15-24-21-9-5-6-10-22(21)25(23(24)26)16-19-11-13-20(14-12-19)18(3)4/h5-6,9-14,17-18H,7-8,15-16H2,1-4H3. The van der Waals surface area contributed by atoms with Crippen molar-refractivity contribution in [3.8, 4) is 0 Å². The monoisotopic (exact) mass is 350 g/mol. The molecule has 3 heteroatoms. The average molecular weight is 351 g/mol. The van der Waals surface area contributed by atoms with Crippen molar-refractivity contribution >= 4 is 11.0 Å². The van der Waals surface area contributed by atoms with E-state index >= 15 is 0 Å². The normalized spacial score (nSPS) is 11.8. The van der Waals surface area contributed by atoms with Crippen LogP contribution in [0, 0.1) is 5.92 Å². The maximum Gasteiger partial charge on any atom is 0.329 e. The molecule has 2 aromatic carbocycles. The number of fused-ring (bicyclic) bond motifs is 1. The van der Waals surface area contributed by atoms with Gasteiger partial charge in [-0.15, -0.1) is 0 Å². The van der Waals surface area contributed by atoms with Gasteiger partial charge in [-0.3, -0.25) is 9.13 Å². The number of hydrogen-bond donors (Lipinski definition) is 0. The molecule has 1 aromatic heterocycles. The lowest BCUT2D eigenvalue weighted by Crippen LogP contribution is -2.25. The molecule has 138 valence electrons. The molecule has 3 aromatic rings. The van der Waals surface area contributed by atoms with Crippen molar-refractivity contribution < 1.29 is 0 Å². The summed E-state index contributed by atoms with van der Waals surface area (Å²) >= 11 is 0. The van der Waals surface area contributed by atoms with Crippen LogP contribution in [0.1, 0.15) is 57.6 Å². The number of imidazole rings is 1. The predicted molar refractivity (Wildman–Crippen MR) is 110 cm³/mol. The molecule has 0 fully saturated rings. The van der Waals surface area contributed by atoms with E-state index in [1.165, 1.54) is 11.1 Å². The molecule has 0 aliphatic carbocycles. The molecule has 0 amide bonds. The Balaban J connectivity index is 1.92. The highest BCUT2D eigenvalue weighted by Crippen LogP contribution is 2.18. The number of nitrogens with zero attached hydrogens (tertiary/aromatic N) is 2. The van der Waals surface area contributed by atoms with Gasteiger partial charge in [0.1, 0.15) is 0 Å². The number of hydrogen-bond acceptors (Lipinski definition) is 1. The smallest absolute Gasteiger partial charge is 0.292 e. The van der Waals surface area contributed by atoms with Gasteiger partial charge in [0.15, 0.2) is 0 Å². The van der Waals surface area contributed by atoms with Gasteiger partial charge in [0.25, 0.3) is 0 Å². The van der Waals surface area contributed by atoms with Crippen LogP contribution >= 0.6 is 0 Å². The first-order valence-electron chi connectivity index (χ1n) is 9.74. The summed E-state index contributed by atoms with van der Waals surface area (Å²) in [6.07, 6.45) is 2.18. The third-order valence-corrected chi connectivity index (χ3v) is 5.08. The molecule has 0 saturated carbocycles. The number of para-hydroxylation sites is 2. The zero-order chi connectivity index (χ0) is 18.7. The Bertz CT molecular complexity index is 914. The Morgan fingerprint density at radius 1 is 0.846 bits per heavy atom. The van der Waals surface area contributed by atoms with Crippen molar-refractivity contribution in [2.75, 3.05) is 0 Å². The molecule has 3 nitrogen and oxygen atoms in total. The summed E-state index contributed by atoms with van der Waals surface area (Å²) < 4.78 is 3.86. The Hall–Kier alpha value is -2.29. The van der Waals surface area contributed by atoms with Gasteiger partial charge < -0.3 is 0 Å². The van der Waals surface area contributed by atoms with Crippen LogP contribution in [0.4, 0.5) is 0 Å². The van der Waals surface area contributed by atoms with Gasteiger partial charge in [0.2, 0.25) is 0 Å². The van der Waals surface area contributed by atoms with E-state index in [2.05, 4.69) is 64.1 Å². The van der Waals surface area contributed by atoms with Crippen LogP contribution in [0.15, 0.2) is 53.3 Å². The molecule has 0 bridgehead atoms. The second-order valence-corrected chi connectivity index (χ2v) is 7.94. The van der Waals surface area contributed by atoms with Crippen molar-refractivity contribution in [1.29, 1.82) is 0 Å². The molecule has 26 heavy (non-hydrogen) atoms. The summed E-state index contributed by atoms with van der Waals surface area (Å²) in [5.41, 5.74) is 4.66. The van der Waals surface area contributed by atoms with Crippen LogP contribution in [0.5, 0.6) is 0 Å². The fourth-order valence-electron chi connectivity index (χ4n) is 3.49. The highest BCUT2D eigenvalue weighted by atomic mass is 16.1. The number of aromatic nitrogens is 2. The molecular weight excluding hydrogens is 320 g/mol. The lowest BCUT2D eigenvalue weighted by atomic mass is 10.0. The van der Waals surface area contributed by atoms with Crippen molar-refractivity contribution in [2.45, 2.75) is 59.5 Å². The molecule has 0 radical (unpaired) electrons. The summed E-state index contributed by atoms with van der Waals surface area (Å²) in [6.45, 7) is 10.3. The predicted octanol–water partition coefficient (Wildman–Crippen LogP) is 5.41. The van der Waals surface area contributed by atoms with E-state index in [1.54, 1.807) is 0 Å². The third kappa shape index (κ3) is 3.92. The Kier molecular flexibility index (Phi) is 5.65. The summed E-state index contributed by atoms with van der Waals surface area (Å²) in [5.74, 6) is 1.19. The molecule has 0 saturated heterocycles. The van der Waals surface area contributed by atoms with E-state index in [1.807, 2.05) is 21.3 Å². The molecule has 0 aliphatic heterocycles. The first kappa shape index (κ1) is 18.5. The van der Waals surface area contributed by atoms with Crippen molar-refractivity contribution in [3.05, 3.63) is 70.1 Å². The van der Waals surface area contributed by atoms with E-state index in [-0.39, 0.29) is 5.69 Å². The minimum atomic E-state index is 0.0999. The summed E-state index contributed by atoms with van der Waals surface area (Å²) in [6, 6.07) is 16.8. The van der Waals surface area contributed by atoms with Gasteiger partial charge in [-0.2, -0.15) is 0 Å². The first-order valence-corrected chi connectivity index (χ1v) is 9.74. The van der Waals surface area contributed by atoms with Gasteiger partial charge in [0.05, 0.1) is 17.6 Å². The highest BCUT2D eigenvalue weighted by Gasteiger charge is 2.13. The van der Waals surface area contributed by atoms with E-state index in [0.29, 0.717) is 18.4 Å². The molecule has 0 unspecified atom stereocenters. The third-order valence-electron chi connectivity index (χ3n) is 5.08. The van der Waals surface area contributed by atoms with E-state index in [4.69, 9.17) is 0 Å². The van der Waals surface area contributed by atoms with E-state index in [9.17, 15) is 4.79 Å². The minimum absolute atomic E-state index is 0.0999. The minimum Gasteiger partial charge on any atom is -0.292 e. The van der Waals surface area contributed by atoms with Crippen LogP contribution in [-0.4, -0.2) is 9.13 Å². The molecule has 0 atom stereocenters. The lowest BCUT2D eigenvalue weighted by Gasteiger charge is -2.08. The molecule has 3 rings (SSSR count). The molecule has 0 aliphatic rings.